The zero-order chi connectivity index (χ0) is 9.84. The summed E-state index contributed by atoms with van der Waals surface area (Å²) in [4.78, 5) is 10.6. The molecule has 1 aliphatic heterocycles. The van der Waals surface area contributed by atoms with E-state index in [1.165, 1.54) is 0 Å². The van der Waals surface area contributed by atoms with Gasteiger partial charge in [-0.3, -0.25) is 0 Å². The zero-order valence-electron chi connectivity index (χ0n) is 7.86. The molecule has 76 valence electrons. The average molecular weight is 187 g/mol. The van der Waals surface area contributed by atoms with Crippen LogP contribution in [0.5, 0.6) is 0 Å². The molecule has 0 aliphatic carbocycles. The van der Waals surface area contributed by atoms with Gasteiger partial charge in [0.05, 0.1) is 6.04 Å². The Balaban J connectivity index is 2.44. The summed E-state index contributed by atoms with van der Waals surface area (Å²) >= 11 is 0. The predicted octanol–water partition coefficient (Wildman–Crippen LogP) is 0.228. The second-order valence-electron chi connectivity index (χ2n) is 3.54. The first-order valence-electron chi connectivity index (χ1n) is 4.60. The quantitative estimate of drug-likeness (QED) is 0.328. The smallest absolute Gasteiger partial charge is 0.421 e. The topological polar surface area (TPSA) is 78.6 Å². The molecule has 2 atom stereocenters. The van der Waals surface area contributed by atoms with Crippen LogP contribution >= 0.6 is 0 Å². The number of carbonyl (C=O) groups is 1. The first-order chi connectivity index (χ1) is 6.13. The molecule has 1 amide bonds. The van der Waals surface area contributed by atoms with Gasteiger partial charge in [0.25, 0.3) is 0 Å². The highest BCUT2D eigenvalue weighted by atomic mass is 16.4. The Morgan fingerprint density at radius 2 is 2.46 bits per heavy atom. The molecule has 5 heteroatoms. The van der Waals surface area contributed by atoms with Gasteiger partial charge in [-0.05, 0) is 38.8 Å². The van der Waals surface area contributed by atoms with Crippen molar-refractivity contribution in [3.05, 3.63) is 0 Å². The van der Waals surface area contributed by atoms with Gasteiger partial charge in [0.15, 0.2) is 0 Å². The first kappa shape index (κ1) is 10.3. The molecule has 0 aromatic heterocycles. The van der Waals surface area contributed by atoms with Crippen LogP contribution in [0.3, 0.4) is 0 Å². The van der Waals surface area contributed by atoms with E-state index in [1.807, 2.05) is 6.92 Å². The summed E-state index contributed by atoms with van der Waals surface area (Å²) in [6.45, 7) is 3.74. The van der Waals surface area contributed by atoms with Crippen LogP contribution in [0.2, 0.25) is 0 Å². The fourth-order valence-corrected chi connectivity index (χ4v) is 1.69. The summed E-state index contributed by atoms with van der Waals surface area (Å²) in [6.07, 6.45) is 1.09. The summed E-state index contributed by atoms with van der Waals surface area (Å²) in [6, 6.07) is -0.106. The lowest BCUT2D eigenvalue weighted by Gasteiger charge is -2.32. The minimum Gasteiger partial charge on any atom is -0.464 e. The average Bonchev–Trinajstić information content (AvgIpc) is 2.17. The minimum absolute atomic E-state index is 0.106. The van der Waals surface area contributed by atoms with Crippen molar-refractivity contribution in [2.75, 3.05) is 13.1 Å². The SMILES string of the molecule is CC(C1CCCNC1)N(N)C(=O)O. The largest absolute Gasteiger partial charge is 0.464 e. The fraction of sp³-hybridized carbons (Fsp3) is 0.875. The maximum Gasteiger partial charge on any atom is 0.421 e. The Morgan fingerprint density at radius 3 is 2.92 bits per heavy atom. The molecular formula is C8H17N3O2. The maximum absolute atomic E-state index is 10.6. The van der Waals surface area contributed by atoms with Gasteiger partial charge in [0.1, 0.15) is 0 Å². The van der Waals surface area contributed by atoms with Crippen LogP contribution in [0.1, 0.15) is 19.8 Å². The molecule has 0 radical (unpaired) electrons. The predicted molar refractivity (Wildman–Crippen MR) is 49.1 cm³/mol. The lowest BCUT2D eigenvalue weighted by atomic mass is 9.92. The van der Waals surface area contributed by atoms with E-state index in [1.54, 1.807) is 0 Å². The third-order valence-corrected chi connectivity index (χ3v) is 2.68. The van der Waals surface area contributed by atoms with Gasteiger partial charge in [-0.25, -0.2) is 15.6 Å². The molecule has 4 N–H and O–H groups in total. The van der Waals surface area contributed by atoms with Crippen molar-refractivity contribution in [1.82, 2.24) is 10.3 Å². The van der Waals surface area contributed by atoms with E-state index in [0.717, 1.165) is 30.9 Å². The number of amides is 1. The summed E-state index contributed by atoms with van der Waals surface area (Å²) in [7, 11) is 0. The second kappa shape index (κ2) is 4.43. The number of hydrogen-bond acceptors (Lipinski definition) is 3. The number of carboxylic acid groups (broad SMARTS) is 1. The van der Waals surface area contributed by atoms with E-state index in [-0.39, 0.29) is 6.04 Å². The molecule has 0 aromatic rings. The first-order valence-corrected chi connectivity index (χ1v) is 4.60. The highest BCUT2D eigenvalue weighted by Crippen LogP contribution is 2.16. The third kappa shape index (κ3) is 2.57. The molecule has 1 rings (SSSR count). The van der Waals surface area contributed by atoms with E-state index in [0.29, 0.717) is 5.92 Å². The molecule has 0 saturated carbocycles. The summed E-state index contributed by atoms with van der Waals surface area (Å²) in [5.41, 5.74) is 0. The Bertz CT molecular complexity index is 180. The molecule has 0 bridgehead atoms. The molecule has 0 spiro atoms. The van der Waals surface area contributed by atoms with Crippen molar-refractivity contribution < 1.29 is 9.90 Å². The van der Waals surface area contributed by atoms with Crippen molar-refractivity contribution in [3.8, 4) is 0 Å². The van der Waals surface area contributed by atoms with E-state index in [2.05, 4.69) is 5.32 Å². The van der Waals surface area contributed by atoms with Crippen molar-refractivity contribution in [1.29, 1.82) is 0 Å². The van der Waals surface area contributed by atoms with Crippen LogP contribution in [-0.4, -0.2) is 35.3 Å². The maximum atomic E-state index is 10.6. The van der Waals surface area contributed by atoms with Gasteiger partial charge < -0.3 is 10.4 Å². The lowest BCUT2D eigenvalue weighted by Crippen LogP contribution is -2.50. The minimum atomic E-state index is -1.06. The summed E-state index contributed by atoms with van der Waals surface area (Å²) in [5.74, 6) is 5.74. The molecule has 1 fully saturated rings. The summed E-state index contributed by atoms with van der Waals surface area (Å²) < 4.78 is 0. The zero-order valence-corrected chi connectivity index (χ0v) is 7.86. The van der Waals surface area contributed by atoms with E-state index in [9.17, 15) is 4.79 Å². The Hall–Kier alpha value is -0.810. The highest BCUT2D eigenvalue weighted by Gasteiger charge is 2.25. The van der Waals surface area contributed by atoms with Crippen molar-refractivity contribution in [3.63, 3.8) is 0 Å². The number of nitrogens with one attached hydrogen (secondary N) is 1. The normalized spacial score (nSPS) is 25.2. The molecule has 2 unspecified atom stereocenters. The summed E-state index contributed by atoms with van der Waals surface area (Å²) in [5, 5.41) is 12.8. The molecule has 0 aromatic carbocycles. The van der Waals surface area contributed by atoms with Crippen LogP contribution in [0.25, 0.3) is 0 Å². The second-order valence-corrected chi connectivity index (χ2v) is 3.54. The Labute approximate surface area is 77.9 Å². The molecule has 1 saturated heterocycles. The number of nitrogens with two attached hydrogens (primary N) is 1. The number of hydrazine groups is 1. The number of piperidine rings is 1. The van der Waals surface area contributed by atoms with E-state index >= 15 is 0 Å². The van der Waals surface area contributed by atoms with Gasteiger partial charge in [-0.2, -0.15) is 0 Å². The number of rotatable bonds is 2. The molecule has 5 nitrogen and oxygen atoms in total. The van der Waals surface area contributed by atoms with Crippen LogP contribution < -0.4 is 11.2 Å². The van der Waals surface area contributed by atoms with E-state index < -0.39 is 6.09 Å². The standard InChI is InChI=1S/C8H17N3O2/c1-6(11(9)8(12)13)7-3-2-4-10-5-7/h6-7,10H,2-5,9H2,1H3,(H,12,13). The third-order valence-electron chi connectivity index (χ3n) is 2.68. The van der Waals surface area contributed by atoms with Gasteiger partial charge in [0.2, 0.25) is 0 Å². The van der Waals surface area contributed by atoms with Crippen LogP contribution in [-0.2, 0) is 0 Å². The monoisotopic (exact) mass is 187 g/mol. The van der Waals surface area contributed by atoms with Gasteiger partial charge >= 0.3 is 6.09 Å². The van der Waals surface area contributed by atoms with Crippen LogP contribution in [0, 0.1) is 5.92 Å². The number of hydrogen-bond donors (Lipinski definition) is 3. The molecule has 1 aliphatic rings. The van der Waals surface area contributed by atoms with Gasteiger partial charge in [-0.15, -0.1) is 0 Å². The number of nitrogens with zero attached hydrogens (tertiary/aromatic N) is 1. The molecule has 1 heterocycles. The van der Waals surface area contributed by atoms with Crippen LogP contribution in [0.15, 0.2) is 0 Å². The fourth-order valence-electron chi connectivity index (χ4n) is 1.69. The van der Waals surface area contributed by atoms with Gasteiger partial charge in [0, 0.05) is 0 Å². The molecular weight excluding hydrogens is 170 g/mol. The Kier molecular flexibility index (Phi) is 3.50. The van der Waals surface area contributed by atoms with E-state index in [4.69, 9.17) is 10.9 Å². The lowest BCUT2D eigenvalue weighted by molar-refractivity contribution is 0.104. The Morgan fingerprint density at radius 1 is 1.77 bits per heavy atom. The van der Waals surface area contributed by atoms with Crippen molar-refractivity contribution >= 4 is 6.09 Å². The highest BCUT2D eigenvalue weighted by molar-refractivity contribution is 5.64. The molecule has 13 heavy (non-hydrogen) atoms. The van der Waals surface area contributed by atoms with Crippen LogP contribution in [0.4, 0.5) is 4.79 Å². The van der Waals surface area contributed by atoms with Gasteiger partial charge in [-0.1, -0.05) is 0 Å². The van der Waals surface area contributed by atoms with Crippen molar-refractivity contribution in [2.45, 2.75) is 25.8 Å². The van der Waals surface area contributed by atoms with Crippen molar-refractivity contribution in [2.24, 2.45) is 11.8 Å².